The first-order valence-corrected chi connectivity index (χ1v) is 9.94. The molecule has 0 spiro atoms. The first-order chi connectivity index (χ1) is 13.3. The monoisotopic (exact) mass is 392 g/mol. The van der Waals surface area contributed by atoms with E-state index in [0.717, 1.165) is 37.3 Å². The molecule has 2 N–H and O–H groups in total. The summed E-state index contributed by atoms with van der Waals surface area (Å²) < 4.78 is 18.7. The number of carbonyl (C=O) groups excluding carboxylic acids is 1. The number of hydrogen-bond donors (Lipinski definition) is 2. The number of halogens is 1. The Hall–Kier alpha value is -2.31. The Morgan fingerprint density at radius 3 is 2.61 bits per heavy atom. The molecule has 0 bridgehead atoms. The van der Waals surface area contributed by atoms with Gasteiger partial charge in [0, 0.05) is 33.2 Å². The highest BCUT2D eigenvalue weighted by Crippen LogP contribution is 2.19. The maximum atomic E-state index is 13.2. The van der Waals surface area contributed by atoms with Gasteiger partial charge in [-0.25, -0.2) is 9.18 Å². The van der Waals surface area contributed by atoms with Crippen molar-refractivity contribution in [3.8, 4) is 0 Å². The second kappa shape index (κ2) is 10.3. The number of nitrogens with zero attached hydrogens (tertiary/aromatic N) is 2. The summed E-state index contributed by atoms with van der Waals surface area (Å²) in [4.78, 5) is 18.2. The van der Waals surface area contributed by atoms with E-state index in [0.29, 0.717) is 25.6 Å². The third-order valence-electron chi connectivity index (χ3n) is 4.64. The number of guanidine groups is 1. The van der Waals surface area contributed by atoms with E-state index in [1.807, 2.05) is 26.8 Å². The Bertz CT molecular complexity index is 665. The Labute approximate surface area is 167 Å². The topological polar surface area (TPSA) is 66.0 Å². The maximum absolute atomic E-state index is 13.2. The lowest BCUT2D eigenvalue weighted by atomic mass is 9.97. The summed E-state index contributed by atoms with van der Waals surface area (Å²) in [6, 6.07) is 6.64. The standard InChI is InChI=1S/C21H33FN4O2/c1-21(2,3)28-20(27)26-12-9-17(10-13-26)15-25-19(23-4)24-11-8-16-6-5-7-18(22)14-16/h5-7,14,17H,8-13,15H2,1-4H3,(H2,23,24,25). The van der Waals surface area contributed by atoms with Gasteiger partial charge in [-0.1, -0.05) is 12.1 Å². The van der Waals surface area contributed by atoms with E-state index in [4.69, 9.17) is 4.74 Å². The highest BCUT2D eigenvalue weighted by atomic mass is 19.1. The van der Waals surface area contributed by atoms with Crippen molar-refractivity contribution in [2.24, 2.45) is 10.9 Å². The van der Waals surface area contributed by atoms with Gasteiger partial charge in [0.2, 0.25) is 0 Å². The van der Waals surface area contributed by atoms with Crippen LogP contribution in [0, 0.1) is 11.7 Å². The summed E-state index contributed by atoms with van der Waals surface area (Å²) in [7, 11) is 1.74. The molecule has 6 nitrogen and oxygen atoms in total. The molecule has 1 aromatic carbocycles. The van der Waals surface area contributed by atoms with E-state index in [1.165, 1.54) is 6.07 Å². The average Bonchev–Trinajstić information content (AvgIpc) is 2.63. The maximum Gasteiger partial charge on any atom is 0.410 e. The number of ether oxygens (including phenoxy) is 1. The Kier molecular flexibility index (Phi) is 8.08. The van der Waals surface area contributed by atoms with Crippen LogP contribution in [0.15, 0.2) is 29.3 Å². The molecule has 2 rings (SSSR count). The van der Waals surface area contributed by atoms with Crippen LogP contribution in [0.3, 0.4) is 0 Å². The quantitative estimate of drug-likeness (QED) is 0.597. The molecular weight excluding hydrogens is 359 g/mol. The van der Waals surface area contributed by atoms with E-state index in [9.17, 15) is 9.18 Å². The molecule has 0 saturated carbocycles. The lowest BCUT2D eigenvalue weighted by molar-refractivity contribution is 0.0185. The zero-order chi connectivity index (χ0) is 20.6. The minimum atomic E-state index is -0.459. The highest BCUT2D eigenvalue weighted by Gasteiger charge is 2.26. The molecule has 28 heavy (non-hydrogen) atoms. The second-order valence-corrected chi connectivity index (χ2v) is 8.17. The van der Waals surface area contributed by atoms with Crippen LogP contribution in [0.1, 0.15) is 39.2 Å². The number of carbonyl (C=O) groups is 1. The van der Waals surface area contributed by atoms with Gasteiger partial charge in [-0.15, -0.1) is 0 Å². The molecule has 1 saturated heterocycles. The van der Waals surface area contributed by atoms with Gasteiger partial charge in [-0.2, -0.15) is 0 Å². The molecule has 0 radical (unpaired) electrons. The van der Waals surface area contributed by atoms with Gasteiger partial charge < -0.3 is 20.3 Å². The van der Waals surface area contributed by atoms with Gasteiger partial charge in [0.05, 0.1) is 0 Å². The fourth-order valence-corrected chi connectivity index (χ4v) is 3.13. The largest absolute Gasteiger partial charge is 0.444 e. The molecule has 156 valence electrons. The summed E-state index contributed by atoms with van der Waals surface area (Å²) in [5.74, 6) is 1.02. The fourth-order valence-electron chi connectivity index (χ4n) is 3.13. The van der Waals surface area contributed by atoms with Crippen molar-refractivity contribution in [2.75, 3.05) is 33.2 Å². The average molecular weight is 393 g/mol. The van der Waals surface area contributed by atoms with E-state index < -0.39 is 5.60 Å². The van der Waals surface area contributed by atoms with Gasteiger partial charge >= 0.3 is 6.09 Å². The second-order valence-electron chi connectivity index (χ2n) is 8.17. The van der Waals surface area contributed by atoms with Gasteiger partial charge in [0.25, 0.3) is 0 Å². The van der Waals surface area contributed by atoms with Crippen LogP contribution >= 0.6 is 0 Å². The SMILES string of the molecule is CN=C(NCCc1cccc(F)c1)NCC1CCN(C(=O)OC(C)(C)C)CC1. The van der Waals surface area contributed by atoms with Crippen LogP contribution in [0.4, 0.5) is 9.18 Å². The molecule has 1 aliphatic rings. The number of rotatable bonds is 5. The summed E-state index contributed by atoms with van der Waals surface area (Å²) in [6.07, 6.45) is 2.37. The Morgan fingerprint density at radius 1 is 1.29 bits per heavy atom. The van der Waals surface area contributed by atoms with Crippen LogP contribution in [-0.4, -0.2) is 55.8 Å². The molecular formula is C21H33FN4O2. The lowest BCUT2D eigenvalue weighted by Gasteiger charge is -2.33. The Balaban J connectivity index is 1.66. The number of likely N-dealkylation sites (tertiary alicyclic amines) is 1. The molecule has 1 heterocycles. The summed E-state index contributed by atoms with van der Waals surface area (Å²) in [5, 5.41) is 6.61. The summed E-state index contributed by atoms with van der Waals surface area (Å²) >= 11 is 0. The van der Waals surface area contributed by atoms with Crippen molar-refractivity contribution in [3.63, 3.8) is 0 Å². The molecule has 7 heteroatoms. The van der Waals surface area contributed by atoms with Crippen molar-refractivity contribution in [3.05, 3.63) is 35.6 Å². The predicted octanol–water partition coefficient (Wildman–Crippen LogP) is 3.18. The first kappa shape index (κ1) is 22.0. The van der Waals surface area contributed by atoms with E-state index in [1.54, 1.807) is 24.1 Å². The van der Waals surface area contributed by atoms with E-state index in [2.05, 4.69) is 15.6 Å². The normalized spacial score (nSPS) is 16.0. The van der Waals surface area contributed by atoms with Crippen LogP contribution in [-0.2, 0) is 11.2 Å². The van der Waals surface area contributed by atoms with Crippen molar-refractivity contribution in [2.45, 2.75) is 45.6 Å². The smallest absolute Gasteiger partial charge is 0.410 e. The van der Waals surface area contributed by atoms with Crippen LogP contribution in [0.2, 0.25) is 0 Å². The number of piperidine rings is 1. The number of nitrogens with one attached hydrogen (secondary N) is 2. The van der Waals surface area contributed by atoms with Gasteiger partial charge in [0.15, 0.2) is 5.96 Å². The zero-order valence-corrected chi connectivity index (χ0v) is 17.4. The molecule has 1 aliphatic heterocycles. The fraction of sp³-hybridized carbons (Fsp3) is 0.619. The number of benzene rings is 1. The third-order valence-corrected chi connectivity index (χ3v) is 4.64. The zero-order valence-electron chi connectivity index (χ0n) is 17.4. The molecule has 0 aliphatic carbocycles. The number of aliphatic imine (C=N–C) groups is 1. The Morgan fingerprint density at radius 2 is 2.00 bits per heavy atom. The van der Waals surface area contributed by atoms with E-state index >= 15 is 0 Å². The first-order valence-electron chi connectivity index (χ1n) is 9.94. The van der Waals surface area contributed by atoms with Crippen LogP contribution in [0.5, 0.6) is 0 Å². The predicted molar refractivity (Wildman–Crippen MR) is 110 cm³/mol. The summed E-state index contributed by atoms with van der Waals surface area (Å²) in [5.41, 5.74) is 0.497. The van der Waals surface area contributed by atoms with Crippen LogP contribution < -0.4 is 10.6 Å². The van der Waals surface area contributed by atoms with Gasteiger partial charge in [-0.3, -0.25) is 4.99 Å². The van der Waals surface area contributed by atoms with Gasteiger partial charge in [0.1, 0.15) is 11.4 Å². The highest BCUT2D eigenvalue weighted by molar-refractivity contribution is 5.79. The third kappa shape index (κ3) is 7.74. The lowest BCUT2D eigenvalue weighted by Crippen LogP contribution is -2.45. The molecule has 0 atom stereocenters. The number of hydrogen-bond acceptors (Lipinski definition) is 3. The van der Waals surface area contributed by atoms with Crippen molar-refractivity contribution in [1.82, 2.24) is 15.5 Å². The summed E-state index contributed by atoms with van der Waals surface area (Å²) in [6.45, 7) is 8.57. The minimum Gasteiger partial charge on any atom is -0.444 e. The molecule has 1 fully saturated rings. The number of amides is 1. The van der Waals surface area contributed by atoms with Crippen molar-refractivity contribution in [1.29, 1.82) is 0 Å². The van der Waals surface area contributed by atoms with E-state index in [-0.39, 0.29) is 11.9 Å². The molecule has 0 unspecified atom stereocenters. The molecule has 1 aromatic rings. The molecule has 1 amide bonds. The van der Waals surface area contributed by atoms with Gasteiger partial charge in [-0.05, 0) is 63.6 Å². The van der Waals surface area contributed by atoms with Crippen LogP contribution in [0.25, 0.3) is 0 Å². The minimum absolute atomic E-state index is 0.210. The van der Waals surface area contributed by atoms with Crippen molar-refractivity contribution < 1.29 is 13.9 Å². The van der Waals surface area contributed by atoms with Crippen molar-refractivity contribution >= 4 is 12.1 Å². The molecule has 0 aromatic heterocycles.